The molecule has 0 fully saturated rings. The van der Waals surface area contributed by atoms with E-state index in [9.17, 15) is 14.7 Å². The molecule has 2 heterocycles. The summed E-state index contributed by atoms with van der Waals surface area (Å²) >= 11 is 0. The lowest BCUT2D eigenvalue weighted by Gasteiger charge is -2.25. The Kier molecular flexibility index (Phi) is 4.07. The number of carbonyl (C=O) groups excluding carboxylic acids is 1. The Labute approximate surface area is 124 Å². The number of carboxylic acid groups (broad SMARTS) is 1. The number of carbonyl (C=O) groups is 2. The Morgan fingerprint density at radius 2 is 2.10 bits per heavy atom. The quantitative estimate of drug-likeness (QED) is 0.861. The molecule has 0 aliphatic carbocycles. The smallest absolute Gasteiger partial charge is 0.356 e. The van der Waals surface area contributed by atoms with Gasteiger partial charge in [-0.3, -0.25) is 4.79 Å². The largest absolute Gasteiger partial charge is 0.476 e. The van der Waals surface area contributed by atoms with Gasteiger partial charge in [-0.1, -0.05) is 20.8 Å². The highest BCUT2D eigenvalue weighted by atomic mass is 16.5. The van der Waals surface area contributed by atoms with Gasteiger partial charge in [0.1, 0.15) is 5.82 Å². The summed E-state index contributed by atoms with van der Waals surface area (Å²) < 4.78 is 6.74. The number of aromatic carboxylic acids is 1. The van der Waals surface area contributed by atoms with E-state index in [4.69, 9.17) is 4.74 Å². The number of carboxylic acids is 1. The summed E-state index contributed by atoms with van der Waals surface area (Å²) in [6, 6.07) is 0. The molecular weight excluding hydrogens is 272 g/mol. The minimum atomic E-state index is -1.04. The van der Waals surface area contributed by atoms with Crippen molar-refractivity contribution in [3.8, 4) is 0 Å². The van der Waals surface area contributed by atoms with Gasteiger partial charge in [-0.2, -0.15) is 0 Å². The molecule has 1 aromatic rings. The van der Waals surface area contributed by atoms with Gasteiger partial charge < -0.3 is 14.4 Å². The van der Waals surface area contributed by atoms with Crippen molar-refractivity contribution < 1.29 is 19.4 Å². The van der Waals surface area contributed by atoms with Crippen LogP contribution in [0.5, 0.6) is 0 Å². The minimum absolute atomic E-state index is 0.0249. The lowest BCUT2D eigenvalue weighted by atomic mass is 9.91. The maximum Gasteiger partial charge on any atom is 0.356 e. The predicted molar refractivity (Wildman–Crippen MR) is 76.2 cm³/mol. The molecule has 1 aromatic heterocycles. The van der Waals surface area contributed by atoms with Crippen molar-refractivity contribution in [3.63, 3.8) is 0 Å². The molecule has 0 spiro atoms. The summed E-state index contributed by atoms with van der Waals surface area (Å²) in [6.45, 7) is 6.89. The van der Waals surface area contributed by atoms with E-state index in [0.717, 1.165) is 5.82 Å². The fourth-order valence-electron chi connectivity index (χ4n) is 2.78. The zero-order valence-corrected chi connectivity index (χ0v) is 13.0. The zero-order valence-electron chi connectivity index (χ0n) is 13.0. The van der Waals surface area contributed by atoms with E-state index in [2.05, 4.69) is 25.8 Å². The van der Waals surface area contributed by atoms with Crippen molar-refractivity contribution in [1.29, 1.82) is 0 Å². The molecule has 21 heavy (non-hydrogen) atoms. The monoisotopic (exact) mass is 294 g/mol. The second-order valence-corrected chi connectivity index (χ2v) is 6.73. The van der Waals surface area contributed by atoms with Crippen molar-refractivity contribution in [1.82, 2.24) is 9.55 Å². The van der Waals surface area contributed by atoms with E-state index in [1.165, 1.54) is 7.11 Å². The Morgan fingerprint density at radius 3 is 2.62 bits per heavy atom. The lowest BCUT2D eigenvalue weighted by molar-refractivity contribution is -0.146. The van der Waals surface area contributed by atoms with Crippen LogP contribution in [-0.2, 0) is 28.9 Å². The Morgan fingerprint density at radius 1 is 1.43 bits per heavy atom. The number of hydrogen-bond donors (Lipinski definition) is 1. The van der Waals surface area contributed by atoms with Gasteiger partial charge in [-0.05, 0) is 11.8 Å². The minimum Gasteiger partial charge on any atom is -0.476 e. The Bertz CT molecular complexity index is 569. The molecule has 6 nitrogen and oxygen atoms in total. The zero-order chi connectivity index (χ0) is 15.8. The van der Waals surface area contributed by atoms with E-state index in [1.54, 1.807) is 0 Å². The first-order chi connectivity index (χ1) is 9.73. The second kappa shape index (κ2) is 5.50. The van der Waals surface area contributed by atoms with Crippen LogP contribution in [-0.4, -0.2) is 33.7 Å². The van der Waals surface area contributed by atoms with Gasteiger partial charge in [0.25, 0.3) is 0 Å². The van der Waals surface area contributed by atoms with Gasteiger partial charge >= 0.3 is 11.9 Å². The SMILES string of the molecule is COC(=O)C1CCn2c(CC(C)(C)C)nc(C(=O)O)c2C1. The fourth-order valence-corrected chi connectivity index (χ4v) is 2.78. The van der Waals surface area contributed by atoms with E-state index < -0.39 is 5.97 Å². The number of rotatable bonds is 3. The molecule has 6 heteroatoms. The fraction of sp³-hybridized carbons (Fsp3) is 0.667. The van der Waals surface area contributed by atoms with Crippen LogP contribution in [0.1, 0.15) is 49.2 Å². The third kappa shape index (κ3) is 3.25. The summed E-state index contributed by atoms with van der Waals surface area (Å²) in [5.74, 6) is -0.807. The Hall–Kier alpha value is -1.85. The highest BCUT2D eigenvalue weighted by molar-refractivity contribution is 5.87. The van der Waals surface area contributed by atoms with Crippen molar-refractivity contribution in [2.45, 2.75) is 46.6 Å². The first kappa shape index (κ1) is 15.5. The molecular formula is C15H22N2O4. The number of methoxy groups -OCH3 is 1. The van der Waals surface area contributed by atoms with Crippen molar-refractivity contribution in [2.24, 2.45) is 11.3 Å². The van der Waals surface area contributed by atoms with Crippen LogP contribution in [0.4, 0.5) is 0 Å². The van der Waals surface area contributed by atoms with Crippen molar-refractivity contribution in [2.75, 3.05) is 7.11 Å². The van der Waals surface area contributed by atoms with Crippen LogP contribution in [0, 0.1) is 11.3 Å². The van der Waals surface area contributed by atoms with Gasteiger partial charge in [0.2, 0.25) is 0 Å². The molecule has 2 rings (SSSR count). The summed E-state index contributed by atoms with van der Waals surface area (Å²) in [5.41, 5.74) is 0.739. The molecule has 0 amide bonds. The standard InChI is InChI=1S/C15H22N2O4/c1-15(2,3)8-11-16-12(13(18)19)10-7-9(14(20)21-4)5-6-17(10)11/h9H,5-8H2,1-4H3,(H,18,19). The molecule has 0 aromatic carbocycles. The van der Waals surface area contributed by atoms with E-state index in [1.807, 2.05) is 4.57 Å². The van der Waals surface area contributed by atoms with Crippen molar-refractivity contribution >= 4 is 11.9 Å². The average Bonchev–Trinajstić information content (AvgIpc) is 2.74. The molecule has 0 bridgehead atoms. The molecule has 1 aliphatic rings. The summed E-state index contributed by atoms with van der Waals surface area (Å²) in [4.78, 5) is 27.4. The molecule has 1 unspecified atom stereocenters. The van der Waals surface area contributed by atoms with E-state index in [0.29, 0.717) is 31.5 Å². The van der Waals surface area contributed by atoms with Gasteiger partial charge in [0.05, 0.1) is 18.7 Å². The van der Waals surface area contributed by atoms with E-state index >= 15 is 0 Å². The number of imidazole rings is 1. The molecule has 0 saturated heterocycles. The summed E-state index contributed by atoms with van der Waals surface area (Å²) in [6.07, 6.45) is 1.74. The topological polar surface area (TPSA) is 81.4 Å². The van der Waals surface area contributed by atoms with Crippen molar-refractivity contribution in [3.05, 3.63) is 17.2 Å². The molecule has 1 aliphatic heterocycles. The van der Waals surface area contributed by atoms with Crippen LogP contribution in [0.15, 0.2) is 0 Å². The molecule has 116 valence electrons. The molecule has 0 radical (unpaired) electrons. The number of nitrogens with zero attached hydrogens (tertiary/aromatic N) is 2. The third-order valence-electron chi connectivity index (χ3n) is 3.72. The lowest BCUT2D eigenvalue weighted by Crippen LogP contribution is -2.28. The molecule has 1 N–H and O–H groups in total. The van der Waals surface area contributed by atoms with E-state index in [-0.39, 0.29) is 23.0 Å². The highest BCUT2D eigenvalue weighted by Crippen LogP contribution is 2.29. The highest BCUT2D eigenvalue weighted by Gasteiger charge is 2.32. The van der Waals surface area contributed by atoms with Crippen LogP contribution in [0.2, 0.25) is 0 Å². The molecule has 1 atom stereocenters. The maximum absolute atomic E-state index is 11.7. The third-order valence-corrected chi connectivity index (χ3v) is 3.72. The number of aromatic nitrogens is 2. The van der Waals surface area contributed by atoms with Crippen LogP contribution in [0.25, 0.3) is 0 Å². The van der Waals surface area contributed by atoms with Gasteiger partial charge in [0.15, 0.2) is 5.69 Å². The average molecular weight is 294 g/mol. The first-order valence-corrected chi connectivity index (χ1v) is 7.12. The van der Waals surface area contributed by atoms with Gasteiger partial charge in [-0.15, -0.1) is 0 Å². The van der Waals surface area contributed by atoms with Gasteiger partial charge in [-0.25, -0.2) is 9.78 Å². The number of hydrogen-bond acceptors (Lipinski definition) is 4. The number of fused-ring (bicyclic) bond motifs is 1. The number of ether oxygens (including phenoxy) is 1. The summed E-state index contributed by atoms with van der Waals surface area (Å²) in [5, 5.41) is 9.34. The Balaban J connectivity index is 2.39. The number of esters is 1. The first-order valence-electron chi connectivity index (χ1n) is 7.12. The summed E-state index contributed by atoms with van der Waals surface area (Å²) in [7, 11) is 1.36. The van der Waals surface area contributed by atoms with Crippen LogP contribution in [0.3, 0.4) is 0 Å². The van der Waals surface area contributed by atoms with Gasteiger partial charge in [0, 0.05) is 19.4 Å². The molecule has 0 saturated carbocycles. The normalized spacial score (nSPS) is 18.2. The maximum atomic E-state index is 11.7. The van der Waals surface area contributed by atoms with Crippen LogP contribution < -0.4 is 0 Å². The second-order valence-electron chi connectivity index (χ2n) is 6.73. The van der Waals surface area contributed by atoms with Crippen LogP contribution >= 0.6 is 0 Å². The predicted octanol–water partition coefficient (Wildman–Crippen LogP) is 1.91.